The monoisotopic (exact) mass is 442 g/mol. The van der Waals surface area contributed by atoms with Gasteiger partial charge in [-0.15, -0.1) is 0 Å². The van der Waals surface area contributed by atoms with Crippen molar-refractivity contribution in [2.24, 2.45) is 5.92 Å². The molecule has 1 aliphatic rings. The number of imidazole rings is 1. The van der Waals surface area contributed by atoms with Gasteiger partial charge in [-0.1, -0.05) is 13.8 Å². The van der Waals surface area contributed by atoms with E-state index in [4.69, 9.17) is 4.74 Å². The van der Waals surface area contributed by atoms with Crippen LogP contribution in [0.1, 0.15) is 26.3 Å². The van der Waals surface area contributed by atoms with Crippen molar-refractivity contribution >= 4 is 22.6 Å². The van der Waals surface area contributed by atoms with E-state index in [-0.39, 0.29) is 11.8 Å². The van der Waals surface area contributed by atoms with E-state index in [9.17, 15) is 13.6 Å². The fourth-order valence-electron chi connectivity index (χ4n) is 4.35. The molecule has 0 saturated carbocycles. The SMILES string of the molecule is COc1ccc(N2CCCN(C(=O)C(C(C)C)n3cnc4cc(F)c(F)cc43)CC2)cc1. The molecule has 32 heavy (non-hydrogen) atoms. The van der Waals surface area contributed by atoms with E-state index >= 15 is 0 Å². The fraction of sp³-hybridized carbons (Fsp3) is 0.417. The van der Waals surface area contributed by atoms with Crippen LogP contribution in [0.4, 0.5) is 14.5 Å². The first-order valence-electron chi connectivity index (χ1n) is 10.9. The Morgan fingerprint density at radius 3 is 2.44 bits per heavy atom. The highest BCUT2D eigenvalue weighted by Crippen LogP contribution is 2.28. The first-order valence-corrected chi connectivity index (χ1v) is 10.9. The van der Waals surface area contributed by atoms with Gasteiger partial charge in [-0.3, -0.25) is 4.79 Å². The van der Waals surface area contributed by atoms with Crippen LogP contribution in [0.5, 0.6) is 5.75 Å². The van der Waals surface area contributed by atoms with E-state index in [0.717, 1.165) is 36.5 Å². The molecule has 6 nitrogen and oxygen atoms in total. The molecule has 1 amide bonds. The molecule has 1 unspecified atom stereocenters. The molecule has 1 aliphatic heterocycles. The van der Waals surface area contributed by atoms with E-state index in [1.165, 1.54) is 6.33 Å². The zero-order valence-electron chi connectivity index (χ0n) is 18.6. The average molecular weight is 443 g/mol. The number of carbonyl (C=O) groups is 1. The number of hydrogen-bond donors (Lipinski definition) is 0. The van der Waals surface area contributed by atoms with Crippen molar-refractivity contribution in [3.63, 3.8) is 0 Å². The van der Waals surface area contributed by atoms with Gasteiger partial charge in [0.25, 0.3) is 0 Å². The molecule has 2 heterocycles. The molecular formula is C24H28F2N4O2. The summed E-state index contributed by atoms with van der Waals surface area (Å²) in [6, 6.07) is 9.57. The molecule has 1 fully saturated rings. The Bertz CT molecular complexity index is 1100. The number of anilines is 1. The van der Waals surface area contributed by atoms with Crippen molar-refractivity contribution < 1.29 is 18.3 Å². The predicted octanol–water partition coefficient (Wildman–Crippen LogP) is 4.26. The summed E-state index contributed by atoms with van der Waals surface area (Å²) in [5, 5.41) is 0. The fourth-order valence-corrected chi connectivity index (χ4v) is 4.35. The van der Waals surface area contributed by atoms with E-state index in [1.54, 1.807) is 11.7 Å². The van der Waals surface area contributed by atoms with Gasteiger partial charge in [0.1, 0.15) is 11.8 Å². The summed E-state index contributed by atoms with van der Waals surface area (Å²) in [5.41, 5.74) is 1.85. The quantitative estimate of drug-likeness (QED) is 0.593. The minimum absolute atomic E-state index is 0.0272. The van der Waals surface area contributed by atoms with Crippen molar-refractivity contribution in [2.45, 2.75) is 26.3 Å². The second-order valence-corrected chi connectivity index (χ2v) is 8.46. The zero-order valence-corrected chi connectivity index (χ0v) is 18.6. The van der Waals surface area contributed by atoms with E-state index in [1.807, 2.05) is 43.0 Å². The van der Waals surface area contributed by atoms with E-state index in [0.29, 0.717) is 30.7 Å². The molecule has 0 N–H and O–H groups in total. The molecular weight excluding hydrogens is 414 g/mol. The lowest BCUT2D eigenvalue weighted by Gasteiger charge is -2.30. The van der Waals surface area contributed by atoms with Crippen LogP contribution in [-0.2, 0) is 4.79 Å². The Balaban J connectivity index is 1.54. The van der Waals surface area contributed by atoms with Crippen LogP contribution in [0.25, 0.3) is 11.0 Å². The highest BCUT2D eigenvalue weighted by atomic mass is 19.2. The lowest BCUT2D eigenvalue weighted by Crippen LogP contribution is -2.41. The number of carbonyl (C=O) groups excluding carboxylic acids is 1. The minimum atomic E-state index is -0.945. The number of nitrogens with zero attached hydrogens (tertiary/aromatic N) is 4. The molecule has 0 bridgehead atoms. The molecule has 1 atom stereocenters. The van der Waals surface area contributed by atoms with Crippen molar-refractivity contribution in [1.82, 2.24) is 14.5 Å². The number of rotatable bonds is 5. The first kappa shape index (κ1) is 22.0. The normalized spacial score (nSPS) is 15.8. The van der Waals surface area contributed by atoms with Crippen molar-refractivity contribution in [3.05, 3.63) is 54.4 Å². The lowest BCUT2D eigenvalue weighted by molar-refractivity contribution is -0.135. The third-order valence-corrected chi connectivity index (χ3v) is 6.05. The molecule has 3 aromatic rings. The number of ether oxygens (including phenoxy) is 1. The van der Waals surface area contributed by atoms with Crippen molar-refractivity contribution in [2.75, 3.05) is 38.2 Å². The highest BCUT2D eigenvalue weighted by Gasteiger charge is 2.31. The molecule has 1 aromatic heterocycles. The number of fused-ring (bicyclic) bond motifs is 1. The molecule has 4 rings (SSSR count). The van der Waals surface area contributed by atoms with Crippen LogP contribution in [0.15, 0.2) is 42.7 Å². The number of amides is 1. The second-order valence-electron chi connectivity index (χ2n) is 8.46. The molecule has 8 heteroatoms. The van der Waals surface area contributed by atoms with Crippen LogP contribution in [-0.4, -0.2) is 53.6 Å². The maximum Gasteiger partial charge on any atom is 0.246 e. The Morgan fingerprint density at radius 2 is 1.75 bits per heavy atom. The summed E-state index contributed by atoms with van der Waals surface area (Å²) in [6.07, 6.45) is 2.35. The van der Waals surface area contributed by atoms with Crippen LogP contribution < -0.4 is 9.64 Å². The molecule has 0 aliphatic carbocycles. The maximum atomic E-state index is 13.9. The summed E-state index contributed by atoms with van der Waals surface area (Å²) in [7, 11) is 1.64. The van der Waals surface area contributed by atoms with Crippen LogP contribution in [0.3, 0.4) is 0 Å². The summed E-state index contributed by atoms with van der Waals surface area (Å²) >= 11 is 0. The van der Waals surface area contributed by atoms with Gasteiger partial charge in [0.2, 0.25) is 5.91 Å². The number of benzene rings is 2. The van der Waals surface area contributed by atoms with Gasteiger partial charge in [-0.25, -0.2) is 13.8 Å². The molecule has 0 spiro atoms. The van der Waals surface area contributed by atoms with Crippen LogP contribution in [0.2, 0.25) is 0 Å². The largest absolute Gasteiger partial charge is 0.497 e. The number of methoxy groups -OCH3 is 1. The van der Waals surface area contributed by atoms with Gasteiger partial charge in [0.15, 0.2) is 11.6 Å². The first-order chi connectivity index (χ1) is 15.4. The molecule has 2 aromatic carbocycles. The topological polar surface area (TPSA) is 50.6 Å². The number of hydrogen-bond acceptors (Lipinski definition) is 4. The van der Waals surface area contributed by atoms with Gasteiger partial charge in [-0.05, 0) is 36.6 Å². The summed E-state index contributed by atoms with van der Waals surface area (Å²) in [5.74, 6) is -1.15. The average Bonchev–Trinajstić information content (AvgIpc) is 3.00. The third-order valence-electron chi connectivity index (χ3n) is 6.05. The third kappa shape index (κ3) is 4.26. The Morgan fingerprint density at radius 1 is 1.03 bits per heavy atom. The Hall–Kier alpha value is -3.16. The standard InChI is InChI=1S/C24H28F2N4O2/c1-16(2)23(30-15-27-21-13-19(25)20(26)14-22(21)30)24(31)29-10-4-9-28(11-12-29)17-5-7-18(32-3)8-6-17/h5-8,13-16,23H,4,9-12H2,1-3H3. The minimum Gasteiger partial charge on any atom is -0.497 e. The van der Waals surface area contributed by atoms with Gasteiger partial charge < -0.3 is 19.1 Å². The number of aromatic nitrogens is 2. The summed E-state index contributed by atoms with van der Waals surface area (Å²) in [6.45, 7) is 6.70. The summed E-state index contributed by atoms with van der Waals surface area (Å²) < 4.78 is 34.4. The van der Waals surface area contributed by atoms with Gasteiger partial charge in [0, 0.05) is 44.0 Å². The molecule has 1 saturated heterocycles. The van der Waals surface area contributed by atoms with Crippen LogP contribution in [0, 0.1) is 17.6 Å². The molecule has 0 radical (unpaired) electrons. The Labute approximate surface area is 186 Å². The van der Waals surface area contributed by atoms with Gasteiger partial charge >= 0.3 is 0 Å². The van der Waals surface area contributed by atoms with Crippen molar-refractivity contribution in [3.8, 4) is 5.75 Å². The maximum absolute atomic E-state index is 13.9. The molecule has 170 valence electrons. The van der Waals surface area contributed by atoms with E-state index in [2.05, 4.69) is 9.88 Å². The highest BCUT2D eigenvalue weighted by molar-refractivity contribution is 5.84. The van der Waals surface area contributed by atoms with Crippen LogP contribution >= 0.6 is 0 Å². The lowest BCUT2D eigenvalue weighted by atomic mass is 10.0. The van der Waals surface area contributed by atoms with E-state index < -0.39 is 17.7 Å². The Kier molecular flexibility index (Phi) is 6.30. The van der Waals surface area contributed by atoms with Crippen molar-refractivity contribution in [1.29, 1.82) is 0 Å². The smallest absolute Gasteiger partial charge is 0.246 e. The summed E-state index contributed by atoms with van der Waals surface area (Å²) in [4.78, 5) is 21.9. The zero-order chi connectivity index (χ0) is 22.8. The predicted molar refractivity (Wildman–Crippen MR) is 120 cm³/mol. The second kappa shape index (κ2) is 9.14. The van der Waals surface area contributed by atoms with Gasteiger partial charge in [-0.2, -0.15) is 0 Å². The number of halogens is 2. The van der Waals surface area contributed by atoms with Gasteiger partial charge in [0.05, 0.1) is 24.5 Å².